The van der Waals surface area contributed by atoms with Gasteiger partial charge in [0, 0.05) is 29.4 Å². The maximum absolute atomic E-state index is 12.3. The molecule has 0 radical (unpaired) electrons. The van der Waals surface area contributed by atoms with E-state index < -0.39 is 0 Å². The maximum atomic E-state index is 12.3. The summed E-state index contributed by atoms with van der Waals surface area (Å²) >= 11 is 5.88. The molecule has 0 aliphatic rings. The van der Waals surface area contributed by atoms with Crippen LogP contribution in [-0.4, -0.2) is 27.2 Å². The molecule has 0 unspecified atom stereocenters. The largest absolute Gasteiger partial charge is 0.354 e. The lowest BCUT2D eigenvalue weighted by Crippen LogP contribution is -2.33. The van der Waals surface area contributed by atoms with E-state index in [4.69, 9.17) is 16.1 Å². The SMILES string of the molecule is Cc1cccc(-c2noc(-c3ccc(=O)n(CC(=O)NCCc4ccc(Cl)cc4)c3)n2)c1. The molecule has 0 saturated carbocycles. The van der Waals surface area contributed by atoms with Gasteiger partial charge in [0.15, 0.2) is 0 Å². The van der Waals surface area contributed by atoms with E-state index in [9.17, 15) is 9.59 Å². The third kappa shape index (κ3) is 5.31. The van der Waals surface area contributed by atoms with Crippen LogP contribution in [0.2, 0.25) is 5.02 Å². The summed E-state index contributed by atoms with van der Waals surface area (Å²) in [4.78, 5) is 29.0. The van der Waals surface area contributed by atoms with E-state index in [1.807, 2.05) is 55.5 Å². The number of rotatable bonds is 7. The second-order valence-corrected chi connectivity index (χ2v) is 7.84. The number of hydrogen-bond acceptors (Lipinski definition) is 5. The highest BCUT2D eigenvalue weighted by atomic mass is 35.5. The van der Waals surface area contributed by atoms with Crippen molar-refractivity contribution in [3.63, 3.8) is 0 Å². The smallest absolute Gasteiger partial charge is 0.259 e. The number of pyridine rings is 1. The lowest BCUT2D eigenvalue weighted by atomic mass is 10.1. The van der Waals surface area contributed by atoms with Crippen molar-refractivity contribution in [3.05, 3.63) is 93.4 Å². The number of aromatic nitrogens is 3. The Labute approximate surface area is 189 Å². The van der Waals surface area contributed by atoms with E-state index in [-0.39, 0.29) is 23.9 Å². The van der Waals surface area contributed by atoms with Crippen molar-refractivity contribution in [3.8, 4) is 22.8 Å². The summed E-state index contributed by atoms with van der Waals surface area (Å²) in [6.07, 6.45) is 2.22. The first kappa shape index (κ1) is 21.5. The van der Waals surface area contributed by atoms with Crippen LogP contribution in [0.1, 0.15) is 11.1 Å². The summed E-state index contributed by atoms with van der Waals surface area (Å²) in [5.74, 6) is 0.476. The summed E-state index contributed by atoms with van der Waals surface area (Å²) in [5, 5.41) is 7.53. The first-order valence-electron chi connectivity index (χ1n) is 10.1. The van der Waals surface area contributed by atoms with Crippen molar-refractivity contribution >= 4 is 17.5 Å². The Kier molecular flexibility index (Phi) is 6.47. The van der Waals surface area contributed by atoms with E-state index in [2.05, 4.69) is 15.5 Å². The van der Waals surface area contributed by atoms with Crippen LogP contribution in [-0.2, 0) is 17.8 Å². The number of aryl methyl sites for hydroxylation is 1. The van der Waals surface area contributed by atoms with E-state index >= 15 is 0 Å². The number of carbonyl (C=O) groups excluding carboxylic acids is 1. The quantitative estimate of drug-likeness (QED) is 0.463. The van der Waals surface area contributed by atoms with Crippen LogP contribution in [0.4, 0.5) is 0 Å². The van der Waals surface area contributed by atoms with Gasteiger partial charge in [0.05, 0.1) is 5.56 Å². The number of nitrogens with one attached hydrogen (secondary N) is 1. The van der Waals surface area contributed by atoms with Gasteiger partial charge in [-0.05, 0) is 43.2 Å². The molecule has 0 saturated heterocycles. The lowest BCUT2D eigenvalue weighted by molar-refractivity contribution is -0.121. The fourth-order valence-electron chi connectivity index (χ4n) is 3.23. The molecule has 0 spiro atoms. The molecule has 2 aromatic heterocycles. The molecule has 0 aliphatic heterocycles. The lowest BCUT2D eigenvalue weighted by Gasteiger charge is -2.08. The standard InChI is InChI=1S/C24H21ClN4O3/c1-16-3-2-4-18(13-16)23-27-24(32-28-23)19-7-10-22(31)29(14-19)15-21(30)26-12-11-17-5-8-20(25)9-6-17/h2-10,13-14H,11-12,15H2,1H3,(H,26,30). The van der Waals surface area contributed by atoms with Gasteiger partial charge in [0.1, 0.15) is 6.54 Å². The van der Waals surface area contributed by atoms with Gasteiger partial charge in [-0.15, -0.1) is 0 Å². The number of halogens is 1. The molecule has 1 N–H and O–H groups in total. The highest BCUT2D eigenvalue weighted by molar-refractivity contribution is 6.30. The highest BCUT2D eigenvalue weighted by Gasteiger charge is 2.13. The van der Waals surface area contributed by atoms with Gasteiger partial charge in [-0.2, -0.15) is 4.98 Å². The van der Waals surface area contributed by atoms with Crippen LogP contribution in [0.25, 0.3) is 22.8 Å². The summed E-state index contributed by atoms with van der Waals surface area (Å²) < 4.78 is 6.70. The van der Waals surface area contributed by atoms with Gasteiger partial charge in [-0.1, -0.05) is 52.7 Å². The van der Waals surface area contributed by atoms with Crippen LogP contribution < -0.4 is 10.9 Å². The van der Waals surface area contributed by atoms with Crippen molar-refractivity contribution in [2.75, 3.05) is 6.54 Å². The van der Waals surface area contributed by atoms with E-state index in [0.29, 0.717) is 29.4 Å². The Morgan fingerprint density at radius 1 is 1.09 bits per heavy atom. The predicted octanol–water partition coefficient (Wildman–Crippen LogP) is 3.89. The first-order chi connectivity index (χ1) is 15.5. The second kappa shape index (κ2) is 9.62. The molecule has 0 aliphatic carbocycles. The van der Waals surface area contributed by atoms with E-state index in [1.54, 1.807) is 12.3 Å². The topological polar surface area (TPSA) is 90.0 Å². The summed E-state index contributed by atoms with van der Waals surface area (Å²) in [6.45, 7) is 2.34. The Balaban J connectivity index is 1.42. The molecule has 162 valence electrons. The Bertz CT molecular complexity index is 1300. The summed E-state index contributed by atoms with van der Waals surface area (Å²) in [5.41, 5.74) is 3.26. The Morgan fingerprint density at radius 2 is 1.91 bits per heavy atom. The third-order valence-corrected chi connectivity index (χ3v) is 5.15. The average Bonchev–Trinajstić information content (AvgIpc) is 3.27. The maximum Gasteiger partial charge on any atom is 0.259 e. The molecule has 0 atom stereocenters. The van der Waals surface area contributed by atoms with Crippen LogP contribution in [0.3, 0.4) is 0 Å². The minimum Gasteiger partial charge on any atom is -0.354 e. The van der Waals surface area contributed by atoms with Gasteiger partial charge in [0.25, 0.3) is 11.4 Å². The van der Waals surface area contributed by atoms with Gasteiger partial charge in [-0.3, -0.25) is 9.59 Å². The molecule has 0 fully saturated rings. The van der Waals surface area contributed by atoms with Crippen molar-refractivity contribution < 1.29 is 9.32 Å². The highest BCUT2D eigenvalue weighted by Crippen LogP contribution is 2.22. The van der Waals surface area contributed by atoms with Crippen LogP contribution in [0.5, 0.6) is 0 Å². The monoisotopic (exact) mass is 448 g/mol. The van der Waals surface area contributed by atoms with Crippen LogP contribution in [0.15, 0.2) is 76.2 Å². The van der Waals surface area contributed by atoms with Gasteiger partial charge < -0.3 is 14.4 Å². The normalized spacial score (nSPS) is 10.8. The van der Waals surface area contributed by atoms with E-state index in [1.165, 1.54) is 10.6 Å². The van der Waals surface area contributed by atoms with Crippen molar-refractivity contribution in [1.29, 1.82) is 0 Å². The van der Waals surface area contributed by atoms with Crippen molar-refractivity contribution in [1.82, 2.24) is 20.0 Å². The summed E-state index contributed by atoms with van der Waals surface area (Å²) in [7, 11) is 0. The first-order valence-corrected chi connectivity index (χ1v) is 10.5. The van der Waals surface area contributed by atoms with Crippen LogP contribution in [0, 0.1) is 6.92 Å². The molecule has 4 aromatic rings. The number of nitrogens with zero attached hydrogens (tertiary/aromatic N) is 3. The Morgan fingerprint density at radius 3 is 2.69 bits per heavy atom. The molecule has 8 heteroatoms. The zero-order valence-electron chi connectivity index (χ0n) is 17.4. The molecule has 7 nitrogen and oxygen atoms in total. The minimum atomic E-state index is -0.292. The number of carbonyl (C=O) groups is 1. The zero-order chi connectivity index (χ0) is 22.5. The minimum absolute atomic E-state index is 0.105. The third-order valence-electron chi connectivity index (χ3n) is 4.90. The molecule has 4 rings (SSSR count). The zero-order valence-corrected chi connectivity index (χ0v) is 18.2. The fourth-order valence-corrected chi connectivity index (χ4v) is 3.36. The molecule has 2 heterocycles. The number of benzene rings is 2. The van der Waals surface area contributed by atoms with Gasteiger partial charge >= 0.3 is 0 Å². The van der Waals surface area contributed by atoms with Gasteiger partial charge in [0.2, 0.25) is 11.7 Å². The van der Waals surface area contributed by atoms with Crippen LogP contribution >= 0.6 is 11.6 Å². The van der Waals surface area contributed by atoms with Crippen molar-refractivity contribution in [2.24, 2.45) is 0 Å². The summed E-state index contributed by atoms with van der Waals surface area (Å²) in [6, 6.07) is 18.2. The second-order valence-electron chi connectivity index (χ2n) is 7.40. The molecular weight excluding hydrogens is 428 g/mol. The number of hydrogen-bond donors (Lipinski definition) is 1. The Hall–Kier alpha value is -3.71. The molecule has 32 heavy (non-hydrogen) atoms. The molecule has 0 bridgehead atoms. The fraction of sp³-hybridized carbons (Fsp3) is 0.167. The van der Waals surface area contributed by atoms with Gasteiger partial charge in [-0.25, -0.2) is 0 Å². The molecule has 2 aromatic carbocycles. The van der Waals surface area contributed by atoms with E-state index in [0.717, 1.165) is 16.7 Å². The number of amides is 1. The molecule has 1 amide bonds. The predicted molar refractivity (Wildman–Crippen MR) is 122 cm³/mol. The average molecular weight is 449 g/mol. The molecular formula is C24H21ClN4O3. The van der Waals surface area contributed by atoms with Crippen molar-refractivity contribution in [2.45, 2.75) is 19.9 Å².